The van der Waals surface area contributed by atoms with Gasteiger partial charge in [0.25, 0.3) is 5.91 Å². The molecule has 3 rings (SSSR count). The van der Waals surface area contributed by atoms with Crippen molar-refractivity contribution < 1.29 is 27.2 Å². The molecule has 5 nitrogen and oxygen atoms in total. The van der Waals surface area contributed by atoms with E-state index in [-0.39, 0.29) is 18.1 Å². The Balaban J connectivity index is 1.79. The third-order valence-corrected chi connectivity index (χ3v) is 5.27. The minimum Gasteiger partial charge on any atom is -0.288 e. The summed E-state index contributed by atoms with van der Waals surface area (Å²) in [5, 5.41) is 2.20. The second-order valence-corrected chi connectivity index (χ2v) is 7.90. The van der Waals surface area contributed by atoms with Crippen LogP contribution in [0.2, 0.25) is 0 Å². The summed E-state index contributed by atoms with van der Waals surface area (Å²) >= 11 is 1.26. The first-order chi connectivity index (χ1) is 15.2. The van der Waals surface area contributed by atoms with Gasteiger partial charge in [-0.25, -0.2) is 14.9 Å². The molecule has 1 aromatic heterocycles. The second kappa shape index (κ2) is 10.7. The highest BCUT2D eigenvalue weighted by molar-refractivity contribution is 7.09. The SMILES string of the molecule is CCONC(=O)c1csc(CN(Cc2ccc(F)cc2)Cc2cccc(C(F)(F)F)c2)n1. The average Bonchev–Trinajstić information content (AvgIpc) is 3.22. The summed E-state index contributed by atoms with van der Waals surface area (Å²) in [6.45, 7) is 2.90. The van der Waals surface area contributed by atoms with E-state index in [4.69, 9.17) is 4.84 Å². The zero-order valence-corrected chi connectivity index (χ0v) is 18.0. The van der Waals surface area contributed by atoms with Gasteiger partial charge in [-0.3, -0.25) is 14.5 Å². The van der Waals surface area contributed by atoms with Crippen molar-refractivity contribution in [3.8, 4) is 0 Å². The van der Waals surface area contributed by atoms with Gasteiger partial charge in [0.1, 0.15) is 16.5 Å². The highest BCUT2D eigenvalue weighted by Gasteiger charge is 2.30. The van der Waals surface area contributed by atoms with E-state index in [2.05, 4.69) is 10.5 Å². The first kappa shape index (κ1) is 23.8. The second-order valence-electron chi connectivity index (χ2n) is 6.96. The number of hydrogen-bond acceptors (Lipinski definition) is 5. The molecule has 3 aromatic rings. The Kier molecular flexibility index (Phi) is 7.94. The van der Waals surface area contributed by atoms with Crippen LogP contribution in [0.1, 0.15) is 39.1 Å². The number of carbonyl (C=O) groups excluding carboxylic acids is 1. The lowest BCUT2D eigenvalue weighted by molar-refractivity contribution is -0.137. The van der Waals surface area contributed by atoms with Crippen molar-refractivity contribution in [3.05, 3.63) is 87.1 Å². The fourth-order valence-electron chi connectivity index (χ4n) is 2.99. The van der Waals surface area contributed by atoms with Crippen LogP contribution in [0.15, 0.2) is 53.9 Å². The van der Waals surface area contributed by atoms with Crippen molar-refractivity contribution >= 4 is 17.2 Å². The van der Waals surface area contributed by atoms with E-state index in [1.807, 2.05) is 4.90 Å². The maximum Gasteiger partial charge on any atom is 0.416 e. The lowest BCUT2D eigenvalue weighted by Gasteiger charge is -2.22. The number of halogens is 4. The Morgan fingerprint density at radius 1 is 1.09 bits per heavy atom. The molecule has 0 saturated carbocycles. The average molecular weight is 467 g/mol. The largest absolute Gasteiger partial charge is 0.416 e. The van der Waals surface area contributed by atoms with Crippen LogP contribution in [0, 0.1) is 5.82 Å². The predicted molar refractivity (Wildman–Crippen MR) is 112 cm³/mol. The van der Waals surface area contributed by atoms with E-state index < -0.39 is 17.6 Å². The standard InChI is InChI=1S/C22H21F4N3O2S/c1-2-31-28-21(30)19-14-32-20(27-19)13-29(11-15-6-8-18(23)9-7-15)12-16-4-3-5-17(10-16)22(24,25)26/h3-10,14H,2,11-13H2,1H3,(H,28,30). The maximum absolute atomic E-state index is 13.3. The van der Waals surface area contributed by atoms with Crippen molar-refractivity contribution in [2.75, 3.05) is 6.61 Å². The quantitative estimate of drug-likeness (QED) is 0.348. The van der Waals surface area contributed by atoms with Crippen molar-refractivity contribution in [2.24, 2.45) is 0 Å². The van der Waals surface area contributed by atoms with E-state index in [1.165, 1.54) is 29.5 Å². The van der Waals surface area contributed by atoms with Crippen molar-refractivity contribution in [1.29, 1.82) is 0 Å². The van der Waals surface area contributed by atoms with Gasteiger partial charge in [-0.1, -0.05) is 30.3 Å². The van der Waals surface area contributed by atoms with Crippen LogP contribution < -0.4 is 5.48 Å². The first-order valence-electron chi connectivity index (χ1n) is 9.74. The summed E-state index contributed by atoms with van der Waals surface area (Å²) in [5.74, 6) is -0.847. The van der Waals surface area contributed by atoms with Gasteiger partial charge in [0, 0.05) is 18.5 Å². The van der Waals surface area contributed by atoms with Crippen LogP contribution in [0.3, 0.4) is 0 Å². The molecule has 0 bridgehead atoms. The number of alkyl halides is 3. The lowest BCUT2D eigenvalue weighted by Crippen LogP contribution is -2.25. The number of thiazole rings is 1. The minimum absolute atomic E-state index is 0.194. The monoisotopic (exact) mass is 467 g/mol. The van der Waals surface area contributed by atoms with Crippen LogP contribution in [-0.4, -0.2) is 22.4 Å². The third kappa shape index (κ3) is 6.84. The molecule has 0 fully saturated rings. The topological polar surface area (TPSA) is 54.5 Å². The van der Waals surface area contributed by atoms with E-state index in [0.717, 1.165) is 17.7 Å². The Labute approximate surface area is 186 Å². The van der Waals surface area contributed by atoms with Gasteiger partial charge in [0.05, 0.1) is 18.7 Å². The molecular formula is C22H21F4N3O2S. The van der Waals surface area contributed by atoms with Gasteiger partial charge in [-0.05, 0) is 36.2 Å². The van der Waals surface area contributed by atoms with Gasteiger partial charge in [-0.15, -0.1) is 11.3 Å². The fraction of sp³-hybridized carbons (Fsp3) is 0.273. The molecule has 0 unspecified atom stereocenters. The van der Waals surface area contributed by atoms with Gasteiger partial charge in [-0.2, -0.15) is 13.2 Å². The van der Waals surface area contributed by atoms with Gasteiger partial charge >= 0.3 is 6.18 Å². The molecule has 0 aliphatic heterocycles. The predicted octanol–water partition coefficient (Wildman–Crippen LogP) is 5.18. The molecular weight excluding hydrogens is 446 g/mol. The number of carbonyl (C=O) groups is 1. The van der Waals surface area contributed by atoms with Crippen molar-refractivity contribution in [2.45, 2.75) is 32.7 Å². The van der Waals surface area contributed by atoms with Crippen LogP contribution in [0.4, 0.5) is 17.6 Å². The third-order valence-electron chi connectivity index (χ3n) is 4.43. The Bertz CT molecular complexity index is 1040. The van der Waals surface area contributed by atoms with E-state index in [0.29, 0.717) is 30.3 Å². The van der Waals surface area contributed by atoms with Gasteiger partial charge in [0.15, 0.2) is 0 Å². The molecule has 10 heteroatoms. The molecule has 1 amide bonds. The highest BCUT2D eigenvalue weighted by Crippen LogP contribution is 2.30. The molecule has 0 saturated heterocycles. The van der Waals surface area contributed by atoms with E-state index in [1.54, 1.807) is 30.5 Å². The number of hydroxylamine groups is 1. The summed E-state index contributed by atoms with van der Waals surface area (Å²) in [7, 11) is 0. The summed E-state index contributed by atoms with van der Waals surface area (Å²) < 4.78 is 52.6. The number of aromatic nitrogens is 1. The molecule has 1 heterocycles. The normalized spacial score (nSPS) is 11.7. The molecule has 1 N–H and O–H groups in total. The summed E-state index contributed by atoms with van der Waals surface area (Å²) in [6, 6.07) is 11.0. The number of hydrogen-bond donors (Lipinski definition) is 1. The van der Waals surface area contributed by atoms with Crippen molar-refractivity contribution in [1.82, 2.24) is 15.4 Å². The summed E-state index contributed by atoms with van der Waals surface area (Å²) in [6.07, 6.45) is -4.43. The van der Waals surface area contributed by atoms with Crippen LogP contribution in [-0.2, 0) is 30.6 Å². The van der Waals surface area contributed by atoms with Crippen LogP contribution in [0.5, 0.6) is 0 Å². The Morgan fingerprint density at radius 2 is 1.81 bits per heavy atom. The van der Waals surface area contributed by atoms with Gasteiger partial charge in [0.2, 0.25) is 0 Å². The van der Waals surface area contributed by atoms with Crippen LogP contribution in [0.25, 0.3) is 0 Å². The van der Waals surface area contributed by atoms with Gasteiger partial charge < -0.3 is 0 Å². The molecule has 32 heavy (non-hydrogen) atoms. The molecule has 0 aliphatic rings. The number of rotatable bonds is 9. The van der Waals surface area contributed by atoms with Crippen LogP contribution >= 0.6 is 11.3 Å². The molecule has 170 valence electrons. The molecule has 0 aliphatic carbocycles. The molecule has 0 spiro atoms. The molecule has 2 aromatic carbocycles. The zero-order chi connectivity index (χ0) is 23.1. The molecule has 0 atom stereocenters. The van der Waals surface area contributed by atoms with Crippen molar-refractivity contribution in [3.63, 3.8) is 0 Å². The first-order valence-corrected chi connectivity index (χ1v) is 10.6. The number of nitrogens with zero attached hydrogens (tertiary/aromatic N) is 2. The smallest absolute Gasteiger partial charge is 0.288 e. The minimum atomic E-state index is -4.43. The molecule has 0 radical (unpaired) electrons. The highest BCUT2D eigenvalue weighted by atomic mass is 32.1. The Hall–Kier alpha value is -2.82. The van der Waals surface area contributed by atoms with E-state index >= 15 is 0 Å². The fourth-order valence-corrected chi connectivity index (χ4v) is 3.80. The number of amides is 1. The summed E-state index contributed by atoms with van der Waals surface area (Å²) in [5.41, 5.74) is 3.02. The Morgan fingerprint density at radius 3 is 2.50 bits per heavy atom. The lowest BCUT2D eigenvalue weighted by atomic mass is 10.1. The zero-order valence-electron chi connectivity index (χ0n) is 17.2. The number of nitrogens with one attached hydrogen (secondary N) is 1. The number of benzene rings is 2. The summed E-state index contributed by atoms with van der Waals surface area (Å²) in [4.78, 5) is 23.1. The maximum atomic E-state index is 13.3. The van der Waals surface area contributed by atoms with E-state index in [9.17, 15) is 22.4 Å².